The Morgan fingerprint density at radius 1 is 1.24 bits per heavy atom. The minimum absolute atomic E-state index is 0.274. The monoisotopic (exact) mass is 368 g/mol. The minimum atomic E-state index is -0.274. The standard InChI is InChI=1S/C20H17ClN2OS/c1-5-10-23-18-14(4)16(21)8-9-17(18)25-20(23)22-19(24)15-7-6-12(2)13(3)11-15/h1,6-9,11H,10H2,2-4H3. The molecule has 3 rings (SSSR count). The van der Waals surface area contributed by atoms with Gasteiger partial charge in [-0.05, 0) is 61.7 Å². The van der Waals surface area contributed by atoms with E-state index in [1.54, 1.807) is 6.07 Å². The normalized spacial score (nSPS) is 11.7. The third kappa shape index (κ3) is 3.26. The molecule has 0 unspecified atom stereocenters. The van der Waals surface area contributed by atoms with Crippen LogP contribution in [-0.4, -0.2) is 10.5 Å². The van der Waals surface area contributed by atoms with Crippen LogP contribution < -0.4 is 4.80 Å². The predicted molar refractivity (Wildman–Crippen MR) is 104 cm³/mol. The Morgan fingerprint density at radius 2 is 2.00 bits per heavy atom. The molecule has 0 fully saturated rings. The van der Waals surface area contributed by atoms with Crippen molar-refractivity contribution in [3.63, 3.8) is 0 Å². The van der Waals surface area contributed by atoms with E-state index in [1.807, 2.05) is 49.6 Å². The molecule has 0 bridgehead atoms. The van der Waals surface area contributed by atoms with Crippen molar-refractivity contribution in [2.45, 2.75) is 27.3 Å². The van der Waals surface area contributed by atoms with Crippen molar-refractivity contribution in [3.8, 4) is 12.3 Å². The quantitative estimate of drug-likeness (QED) is 0.606. The summed E-state index contributed by atoms with van der Waals surface area (Å²) in [4.78, 5) is 17.5. The number of rotatable bonds is 2. The molecular weight excluding hydrogens is 352 g/mol. The van der Waals surface area contributed by atoms with Crippen LogP contribution in [0.1, 0.15) is 27.0 Å². The van der Waals surface area contributed by atoms with Crippen molar-refractivity contribution >= 4 is 39.1 Å². The van der Waals surface area contributed by atoms with Gasteiger partial charge in [-0.1, -0.05) is 34.9 Å². The second kappa shape index (κ2) is 6.87. The average Bonchev–Trinajstić information content (AvgIpc) is 2.92. The number of fused-ring (bicyclic) bond motifs is 1. The number of carbonyl (C=O) groups excluding carboxylic acids is 1. The molecule has 126 valence electrons. The summed E-state index contributed by atoms with van der Waals surface area (Å²) in [6.07, 6.45) is 5.52. The molecule has 0 saturated carbocycles. The van der Waals surface area contributed by atoms with Crippen molar-refractivity contribution in [1.29, 1.82) is 0 Å². The summed E-state index contributed by atoms with van der Waals surface area (Å²) in [5.41, 5.74) is 4.65. The maximum Gasteiger partial charge on any atom is 0.279 e. The number of terminal acetylenes is 1. The molecule has 0 spiro atoms. The Kier molecular flexibility index (Phi) is 4.80. The molecule has 1 amide bonds. The van der Waals surface area contributed by atoms with Crippen molar-refractivity contribution in [3.05, 3.63) is 62.4 Å². The first-order valence-corrected chi connectivity index (χ1v) is 9.00. The summed E-state index contributed by atoms with van der Waals surface area (Å²) in [5, 5.41) is 0.670. The molecule has 0 aliphatic carbocycles. The highest BCUT2D eigenvalue weighted by Gasteiger charge is 2.12. The molecule has 1 heterocycles. The Bertz CT molecular complexity index is 1100. The third-order valence-electron chi connectivity index (χ3n) is 4.23. The van der Waals surface area contributed by atoms with Crippen LogP contribution in [0.25, 0.3) is 10.2 Å². The predicted octanol–water partition coefficient (Wildman–Crippen LogP) is 4.66. The highest BCUT2D eigenvalue weighted by Crippen LogP contribution is 2.27. The number of thiazole rings is 1. The third-order valence-corrected chi connectivity index (χ3v) is 5.68. The number of amides is 1. The first-order valence-electron chi connectivity index (χ1n) is 7.80. The van der Waals surface area contributed by atoms with E-state index in [4.69, 9.17) is 18.0 Å². The van der Waals surface area contributed by atoms with Crippen LogP contribution in [0.4, 0.5) is 0 Å². The van der Waals surface area contributed by atoms with Crippen LogP contribution in [0.2, 0.25) is 5.02 Å². The van der Waals surface area contributed by atoms with Gasteiger partial charge in [-0.15, -0.1) is 6.42 Å². The number of aromatic nitrogens is 1. The van der Waals surface area contributed by atoms with Gasteiger partial charge in [0, 0.05) is 10.6 Å². The minimum Gasteiger partial charge on any atom is -0.304 e. The highest BCUT2D eigenvalue weighted by atomic mass is 35.5. The number of halogens is 1. The van der Waals surface area contributed by atoms with Gasteiger partial charge in [0.15, 0.2) is 4.80 Å². The lowest BCUT2D eigenvalue weighted by molar-refractivity contribution is 0.0998. The molecule has 0 radical (unpaired) electrons. The molecule has 0 aliphatic heterocycles. The number of nitrogens with zero attached hydrogens (tertiary/aromatic N) is 2. The SMILES string of the molecule is C#CCn1c(=NC(=O)c2ccc(C)c(C)c2)sc2ccc(Cl)c(C)c21. The van der Waals surface area contributed by atoms with Crippen LogP contribution in [0.5, 0.6) is 0 Å². The maximum absolute atomic E-state index is 12.6. The van der Waals surface area contributed by atoms with Gasteiger partial charge in [0.2, 0.25) is 0 Å². The number of carbonyl (C=O) groups is 1. The summed E-state index contributed by atoms with van der Waals surface area (Å²) in [6.45, 7) is 6.27. The van der Waals surface area contributed by atoms with E-state index in [0.29, 0.717) is 21.9 Å². The van der Waals surface area contributed by atoms with E-state index < -0.39 is 0 Å². The van der Waals surface area contributed by atoms with Gasteiger partial charge in [-0.2, -0.15) is 4.99 Å². The fourth-order valence-electron chi connectivity index (χ4n) is 2.66. The first-order chi connectivity index (χ1) is 11.9. The Morgan fingerprint density at radius 3 is 2.68 bits per heavy atom. The highest BCUT2D eigenvalue weighted by molar-refractivity contribution is 7.16. The zero-order chi connectivity index (χ0) is 18.1. The van der Waals surface area contributed by atoms with Gasteiger partial charge in [-0.25, -0.2) is 0 Å². The molecule has 0 aliphatic rings. The van der Waals surface area contributed by atoms with Crippen LogP contribution in [0.3, 0.4) is 0 Å². The number of hydrogen-bond donors (Lipinski definition) is 0. The fourth-order valence-corrected chi connectivity index (χ4v) is 3.90. The van der Waals surface area contributed by atoms with E-state index in [1.165, 1.54) is 11.3 Å². The molecule has 5 heteroatoms. The van der Waals surface area contributed by atoms with Gasteiger partial charge in [0.25, 0.3) is 5.91 Å². The summed E-state index contributed by atoms with van der Waals surface area (Å²) < 4.78 is 2.88. The molecule has 2 aromatic carbocycles. The molecule has 3 nitrogen and oxygen atoms in total. The summed E-state index contributed by atoms with van der Waals surface area (Å²) in [7, 11) is 0. The molecular formula is C20H17ClN2OS. The van der Waals surface area contributed by atoms with Crippen molar-refractivity contribution in [1.82, 2.24) is 4.57 Å². The summed E-state index contributed by atoms with van der Waals surface area (Å²) in [5.74, 6) is 2.36. The number of aryl methyl sites for hydroxylation is 3. The second-order valence-electron chi connectivity index (χ2n) is 5.91. The van der Waals surface area contributed by atoms with Gasteiger partial charge < -0.3 is 4.57 Å². The van der Waals surface area contributed by atoms with E-state index >= 15 is 0 Å². The van der Waals surface area contributed by atoms with Crippen molar-refractivity contribution in [2.24, 2.45) is 4.99 Å². The number of benzene rings is 2. The molecule has 3 aromatic rings. The molecule has 25 heavy (non-hydrogen) atoms. The van der Waals surface area contributed by atoms with Crippen LogP contribution in [-0.2, 0) is 6.54 Å². The second-order valence-corrected chi connectivity index (χ2v) is 7.33. The molecule has 0 saturated heterocycles. The Hall–Kier alpha value is -2.35. The topological polar surface area (TPSA) is 34.4 Å². The Balaban J connectivity index is 2.20. The summed E-state index contributed by atoms with van der Waals surface area (Å²) in [6, 6.07) is 9.38. The zero-order valence-corrected chi connectivity index (χ0v) is 15.8. The maximum atomic E-state index is 12.6. The number of hydrogen-bond acceptors (Lipinski definition) is 2. The average molecular weight is 369 g/mol. The lowest BCUT2D eigenvalue weighted by atomic mass is 10.1. The molecule has 0 N–H and O–H groups in total. The van der Waals surface area contributed by atoms with Crippen molar-refractivity contribution < 1.29 is 4.79 Å². The van der Waals surface area contributed by atoms with Gasteiger partial charge in [-0.3, -0.25) is 4.79 Å². The molecule has 0 atom stereocenters. The first kappa shape index (κ1) is 17.5. The molecule has 1 aromatic heterocycles. The van der Waals surface area contributed by atoms with E-state index in [9.17, 15) is 4.79 Å². The van der Waals surface area contributed by atoms with E-state index in [2.05, 4.69) is 10.9 Å². The largest absolute Gasteiger partial charge is 0.304 e. The lowest BCUT2D eigenvalue weighted by Crippen LogP contribution is -2.17. The van der Waals surface area contributed by atoms with Crippen LogP contribution in [0, 0.1) is 33.1 Å². The van der Waals surface area contributed by atoms with Crippen LogP contribution >= 0.6 is 22.9 Å². The fraction of sp³-hybridized carbons (Fsp3) is 0.200. The van der Waals surface area contributed by atoms with Gasteiger partial charge in [0.1, 0.15) is 0 Å². The smallest absolute Gasteiger partial charge is 0.279 e. The lowest BCUT2D eigenvalue weighted by Gasteiger charge is -2.05. The summed E-state index contributed by atoms with van der Waals surface area (Å²) >= 11 is 7.68. The Labute approximate surface area is 155 Å². The van der Waals surface area contributed by atoms with Gasteiger partial charge in [0.05, 0.1) is 16.8 Å². The van der Waals surface area contributed by atoms with E-state index in [-0.39, 0.29) is 5.91 Å². The van der Waals surface area contributed by atoms with Crippen molar-refractivity contribution in [2.75, 3.05) is 0 Å². The van der Waals surface area contributed by atoms with E-state index in [0.717, 1.165) is 26.9 Å². The van der Waals surface area contributed by atoms with Crippen LogP contribution in [0.15, 0.2) is 35.3 Å². The zero-order valence-electron chi connectivity index (χ0n) is 14.3. The van der Waals surface area contributed by atoms with Gasteiger partial charge >= 0.3 is 0 Å².